The van der Waals surface area contributed by atoms with E-state index in [1.54, 1.807) is 6.92 Å². The minimum absolute atomic E-state index is 0.0127. The van der Waals surface area contributed by atoms with E-state index in [0.717, 1.165) is 11.3 Å². The Morgan fingerprint density at radius 3 is 2.79 bits per heavy atom. The topological polar surface area (TPSA) is 55.2 Å². The van der Waals surface area contributed by atoms with Gasteiger partial charge in [-0.3, -0.25) is 14.3 Å². The summed E-state index contributed by atoms with van der Waals surface area (Å²) in [5.41, 5.74) is 2.15. The third-order valence-electron chi connectivity index (χ3n) is 3.65. The zero-order valence-electron chi connectivity index (χ0n) is 11.7. The quantitative estimate of drug-likeness (QED) is 0.845. The van der Waals surface area contributed by atoms with Crippen LogP contribution in [0, 0.1) is 6.92 Å². The van der Waals surface area contributed by atoms with E-state index >= 15 is 0 Å². The van der Waals surface area contributed by atoms with Crippen LogP contribution in [-0.4, -0.2) is 37.5 Å². The van der Waals surface area contributed by atoms with Gasteiger partial charge in [0.25, 0.3) is 0 Å². The van der Waals surface area contributed by atoms with Crippen LogP contribution in [0.2, 0.25) is 0 Å². The highest BCUT2D eigenvalue weighted by molar-refractivity contribution is 8.14. The number of amides is 1. The van der Waals surface area contributed by atoms with E-state index in [0.29, 0.717) is 13.0 Å². The molecule has 0 aromatic carbocycles. The molecule has 0 aliphatic carbocycles. The largest absolute Gasteiger partial charge is 0.335 e. The Morgan fingerprint density at radius 1 is 1.58 bits per heavy atom. The molecule has 2 unspecified atom stereocenters. The molecule has 0 spiro atoms. The number of hydrogen-bond acceptors (Lipinski definition) is 4. The maximum Gasteiger partial charge on any atom is 0.224 e. The Morgan fingerprint density at radius 2 is 2.26 bits per heavy atom. The fourth-order valence-electron chi connectivity index (χ4n) is 2.48. The van der Waals surface area contributed by atoms with Crippen LogP contribution in [0.25, 0.3) is 0 Å². The lowest BCUT2D eigenvalue weighted by Crippen LogP contribution is -2.29. The molecule has 104 valence electrons. The van der Waals surface area contributed by atoms with Crippen LogP contribution >= 0.6 is 11.8 Å². The van der Waals surface area contributed by atoms with Gasteiger partial charge in [-0.25, -0.2) is 0 Å². The van der Waals surface area contributed by atoms with Crippen LogP contribution in [-0.2, 0) is 16.6 Å². The van der Waals surface area contributed by atoms with E-state index in [1.807, 2.05) is 36.7 Å². The maximum absolute atomic E-state index is 12.1. The number of thioether (sulfide) groups is 1. The molecule has 0 bridgehead atoms. The van der Waals surface area contributed by atoms with Crippen molar-refractivity contribution in [3.05, 3.63) is 17.5 Å². The molecule has 1 aromatic rings. The lowest BCUT2D eigenvalue weighted by molar-refractivity contribution is -0.129. The molecule has 2 rings (SSSR count). The van der Waals surface area contributed by atoms with Crippen LogP contribution in [0.5, 0.6) is 0 Å². The van der Waals surface area contributed by atoms with E-state index in [9.17, 15) is 9.59 Å². The summed E-state index contributed by atoms with van der Waals surface area (Å²) < 4.78 is 1.81. The monoisotopic (exact) mass is 281 g/mol. The van der Waals surface area contributed by atoms with Crippen LogP contribution in [0.1, 0.15) is 37.6 Å². The number of likely N-dealkylation sites (tertiary alicyclic amines) is 1. The zero-order valence-corrected chi connectivity index (χ0v) is 12.5. The molecule has 1 aliphatic rings. The second-order valence-corrected chi connectivity index (χ2v) is 6.44. The summed E-state index contributed by atoms with van der Waals surface area (Å²) in [5.74, 6) is 0.120. The number of carbonyl (C=O) groups is 2. The van der Waals surface area contributed by atoms with Gasteiger partial charge in [0.05, 0.1) is 12.2 Å². The van der Waals surface area contributed by atoms with Gasteiger partial charge >= 0.3 is 0 Å². The molecule has 2 atom stereocenters. The lowest BCUT2D eigenvalue weighted by Gasteiger charge is -2.24. The molecule has 1 fully saturated rings. The van der Waals surface area contributed by atoms with Gasteiger partial charge in [0.1, 0.15) is 0 Å². The van der Waals surface area contributed by atoms with Gasteiger partial charge in [-0.2, -0.15) is 5.10 Å². The minimum atomic E-state index is 0.0127. The fraction of sp³-hybridized carbons (Fsp3) is 0.615. The zero-order chi connectivity index (χ0) is 14.2. The highest BCUT2D eigenvalue weighted by Gasteiger charge is 2.35. The molecule has 1 amide bonds. The summed E-state index contributed by atoms with van der Waals surface area (Å²) in [6.45, 7) is 6.20. The molecular formula is C13H19N3O2S. The average molecular weight is 281 g/mol. The SMILES string of the molecule is CC(=O)SC1CC(=O)N(C(C)c2cnn(C)c2C)C1. The number of aryl methyl sites for hydroxylation is 1. The van der Waals surface area contributed by atoms with E-state index < -0.39 is 0 Å². The van der Waals surface area contributed by atoms with Gasteiger partial charge < -0.3 is 4.90 Å². The number of nitrogens with zero attached hydrogens (tertiary/aromatic N) is 3. The summed E-state index contributed by atoms with van der Waals surface area (Å²) in [7, 11) is 1.89. The first kappa shape index (κ1) is 14.1. The molecule has 0 radical (unpaired) electrons. The molecule has 1 aliphatic heterocycles. The first-order chi connectivity index (χ1) is 8.90. The van der Waals surface area contributed by atoms with Gasteiger partial charge in [0.15, 0.2) is 5.12 Å². The van der Waals surface area contributed by atoms with Crippen molar-refractivity contribution in [3.8, 4) is 0 Å². The summed E-state index contributed by atoms with van der Waals surface area (Å²) in [5, 5.41) is 4.38. The predicted molar refractivity (Wildman–Crippen MR) is 74.8 cm³/mol. The second-order valence-electron chi connectivity index (χ2n) is 4.97. The average Bonchev–Trinajstić information content (AvgIpc) is 2.83. The summed E-state index contributed by atoms with van der Waals surface area (Å²) in [6.07, 6.45) is 2.27. The molecule has 6 heteroatoms. The Bertz CT molecular complexity index is 512. The van der Waals surface area contributed by atoms with Crippen molar-refractivity contribution in [2.45, 2.75) is 38.5 Å². The smallest absolute Gasteiger partial charge is 0.224 e. The summed E-state index contributed by atoms with van der Waals surface area (Å²) in [6, 6.07) is 0.0127. The second kappa shape index (κ2) is 5.36. The molecule has 1 aromatic heterocycles. The Balaban J connectivity index is 2.12. The van der Waals surface area contributed by atoms with Crippen LogP contribution in [0.4, 0.5) is 0 Å². The maximum atomic E-state index is 12.1. The highest BCUT2D eigenvalue weighted by atomic mass is 32.2. The van der Waals surface area contributed by atoms with Gasteiger partial charge in [0.2, 0.25) is 5.91 Å². The number of hydrogen-bond donors (Lipinski definition) is 0. The summed E-state index contributed by atoms with van der Waals surface area (Å²) >= 11 is 1.27. The number of carbonyl (C=O) groups excluding carboxylic acids is 2. The highest BCUT2D eigenvalue weighted by Crippen LogP contribution is 2.31. The fourth-order valence-corrected chi connectivity index (χ4v) is 3.41. The van der Waals surface area contributed by atoms with Crippen molar-refractivity contribution in [2.75, 3.05) is 6.54 Å². The van der Waals surface area contributed by atoms with Crippen LogP contribution in [0.15, 0.2) is 6.20 Å². The third kappa shape index (κ3) is 2.83. The molecule has 2 heterocycles. The standard InChI is InChI=1S/C13H19N3O2S/c1-8-12(6-14-15(8)4)9(2)16-7-11(5-13(16)18)19-10(3)17/h6,9,11H,5,7H2,1-4H3. The summed E-state index contributed by atoms with van der Waals surface area (Å²) in [4.78, 5) is 25.1. The lowest BCUT2D eigenvalue weighted by atomic mass is 10.1. The van der Waals surface area contributed by atoms with Gasteiger partial charge in [0, 0.05) is 43.4 Å². The minimum Gasteiger partial charge on any atom is -0.335 e. The van der Waals surface area contributed by atoms with Gasteiger partial charge in [-0.15, -0.1) is 0 Å². The predicted octanol–water partition coefficient (Wildman–Crippen LogP) is 1.67. The normalized spacial score (nSPS) is 20.9. The Labute approximate surface area is 117 Å². The van der Waals surface area contributed by atoms with Crippen molar-refractivity contribution in [2.24, 2.45) is 7.05 Å². The third-order valence-corrected chi connectivity index (χ3v) is 4.63. The number of rotatable bonds is 3. The van der Waals surface area contributed by atoms with Crippen molar-refractivity contribution in [1.29, 1.82) is 0 Å². The molecular weight excluding hydrogens is 262 g/mol. The van der Waals surface area contributed by atoms with Crippen molar-refractivity contribution >= 4 is 22.8 Å². The van der Waals surface area contributed by atoms with Gasteiger partial charge in [-0.05, 0) is 13.8 Å². The van der Waals surface area contributed by atoms with Crippen molar-refractivity contribution < 1.29 is 9.59 Å². The van der Waals surface area contributed by atoms with Crippen molar-refractivity contribution in [1.82, 2.24) is 14.7 Å². The number of aromatic nitrogens is 2. The Kier molecular flexibility index (Phi) is 3.99. The molecule has 19 heavy (non-hydrogen) atoms. The van der Waals surface area contributed by atoms with E-state index in [2.05, 4.69) is 5.10 Å². The Hall–Kier alpha value is -1.30. The van der Waals surface area contributed by atoms with Crippen LogP contribution < -0.4 is 0 Å². The first-order valence-electron chi connectivity index (χ1n) is 6.35. The molecule has 0 saturated carbocycles. The van der Waals surface area contributed by atoms with Gasteiger partial charge in [-0.1, -0.05) is 11.8 Å². The molecule has 5 nitrogen and oxygen atoms in total. The van der Waals surface area contributed by atoms with Crippen LogP contribution in [0.3, 0.4) is 0 Å². The van der Waals surface area contributed by atoms with E-state index in [-0.39, 0.29) is 22.3 Å². The molecule has 1 saturated heterocycles. The first-order valence-corrected chi connectivity index (χ1v) is 7.23. The van der Waals surface area contributed by atoms with E-state index in [4.69, 9.17) is 0 Å². The molecule has 0 N–H and O–H groups in total. The van der Waals surface area contributed by atoms with E-state index in [1.165, 1.54) is 11.8 Å². The van der Waals surface area contributed by atoms with Crippen molar-refractivity contribution in [3.63, 3.8) is 0 Å².